The third-order valence-corrected chi connectivity index (χ3v) is 2.16. The number of halogens is 1. The van der Waals surface area contributed by atoms with E-state index < -0.39 is 11.9 Å². The van der Waals surface area contributed by atoms with Gasteiger partial charge >= 0.3 is 0 Å². The van der Waals surface area contributed by atoms with Gasteiger partial charge in [-0.3, -0.25) is 0 Å². The number of ether oxygens (including phenoxy) is 1. The van der Waals surface area contributed by atoms with E-state index in [0.717, 1.165) is 5.57 Å². The van der Waals surface area contributed by atoms with E-state index in [1.54, 1.807) is 6.07 Å². The fraction of sp³-hybridized carbons (Fsp3) is 0.385. The molecule has 0 saturated carbocycles. The minimum absolute atomic E-state index is 0.287. The van der Waals surface area contributed by atoms with Gasteiger partial charge in [-0.25, -0.2) is 4.39 Å². The van der Waals surface area contributed by atoms with Crippen molar-refractivity contribution >= 4 is 0 Å². The fourth-order valence-electron chi connectivity index (χ4n) is 1.24. The normalized spacial score (nSPS) is 12.1. The summed E-state index contributed by atoms with van der Waals surface area (Å²) in [7, 11) is 0. The van der Waals surface area contributed by atoms with E-state index in [1.165, 1.54) is 19.1 Å². The maximum Gasteiger partial charge on any atom is 0.132 e. The van der Waals surface area contributed by atoms with Crippen molar-refractivity contribution in [1.82, 2.24) is 0 Å². The fourth-order valence-corrected chi connectivity index (χ4v) is 1.24. The zero-order valence-corrected chi connectivity index (χ0v) is 9.83. The molecule has 2 nitrogen and oxygen atoms in total. The van der Waals surface area contributed by atoms with Crippen LogP contribution in [0.4, 0.5) is 4.39 Å². The molecule has 16 heavy (non-hydrogen) atoms. The molecule has 1 rings (SSSR count). The summed E-state index contributed by atoms with van der Waals surface area (Å²) in [4.78, 5) is 0. The predicted octanol–water partition coefficient (Wildman–Crippen LogP) is 3.22. The highest BCUT2D eigenvalue weighted by atomic mass is 19.1. The van der Waals surface area contributed by atoms with Crippen LogP contribution in [0, 0.1) is 5.82 Å². The molecule has 0 aliphatic heterocycles. The number of hydrogen-bond donors (Lipinski definition) is 1. The first kappa shape index (κ1) is 12.7. The Hall–Kier alpha value is -1.35. The van der Waals surface area contributed by atoms with Gasteiger partial charge in [-0.05, 0) is 39.0 Å². The Labute approximate surface area is 95.4 Å². The summed E-state index contributed by atoms with van der Waals surface area (Å²) in [5.41, 5.74) is 1.44. The molecule has 0 spiro atoms. The molecule has 1 atom stereocenters. The van der Waals surface area contributed by atoms with Crippen LogP contribution in [0.25, 0.3) is 0 Å². The average molecular weight is 224 g/mol. The van der Waals surface area contributed by atoms with Crippen LogP contribution in [-0.2, 0) is 0 Å². The summed E-state index contributed by atoms with van der Waals surface area (Å²) in [5, 5.41) is 9.25. The van der Waals surface area contributed by atoms with E-state index in [2.05, 4.69) is 0 Å². The van der Waals surface area contributed by atoms with E-state index in [9.17, 15) is 9.50 Å². The minimum atomic E-state index is -0.799. The number of aliphatic hydroxyl groups is 1. The maximum absolute atomic E-state index is 13.4. The van der Waals surface area contributed by atoms with Crippen molar-refractivity contribution in [1.29, 1.82) is 0 Å². The monoisotopic (exact) mass is 224 g/mol. The Kier molecular flexibility index (Phi) is 4.50. The number of allylic oxidation sites excluding steroid dienone is 1. The first-order chi connectivity index (χ1) is 7.50. The third kappa shape index (κ3) is 3.66. The lowest BCUT2D eigenvalue weighted by atomic mass is 10.1. The first-order valence-electron chi connectivity index (χ1n) is 5.24. The van der Waals surface area contributed by atoms with Gasteiger partial charge < -0.3 is 9.84 Å². The van der Waals surface area contributed by atoms with E-state index >= 15 is 0 Å². The van der Waals surface area contributed by atoms with Gasteiger partial charge in [0.15, 0.2) is 0 Å². The van der Waals surface area contributed by atoms with Gasteiger partial charge in [0.25, 0.3) is 0 Å². The second kappa shape index (κ2) is 5.66. The zero-order valence-electron chi connectivity index (χ0n) is 9.83. The van der Waals surface area contributed by atoms with Crippen LogP contribution in [0.2, 0.25) is 0 Å². The molecular formula is C13H17FO2. The Morgan fingerprint density at radius 3 is 2.69 bits per heavy atom. The molecule has 0 aliphatic rings. The van der Waals surface area contributed by atoms with Crippen molar-refractivity contribution in [2.24, 2.45) is 0 Å². The topological polar surface area (TPSA) is 29.5 Å². The molecule has 0 amide bonds. The lowest BCUT2D eigenvalue weighted by molar-refractivity contribution is 0.194. The van der Waals surface area contributed by atoms with Gasteiger partial charge in [-0.2, -0.15) is 0 Å². The van der Waals surface area contributed by atoms with Crippen molar-refractivity contribution in [3.8, 4) is 5.75 Å². The number of hydrogen-bond acceptors (Lipinski definition) is 2. The second-order valence-corrected chi connectivity index (χ2v) is 3.95. The summed E-state index contributed by atoms with van der Waals surface area (Å²) in [6.45, 7) is 5.90. The third-order valence-electron chi connectivity index (χ3n) is 2.16. The summed E-state index contributed by atoms with van der Waals surface area (Å²) in [5.74, 6) is 0.0316. The Balaban J connectivity index is 2.70. The molecule has 0 saturated heterocycles. The van der Waals surface area contributed by atoms with Crippen molar-refractivity contribution < 1.29 is 14.2 Å². The molecule has 0 bridgehead atoms. The lowest BCUT2D eigenvalue weighted by Gasteiger charge is -2.08. The molecule has 88 valence electrons. The zero-order chi connectivity index (χ0) is 12.1. The van der Waals surface area contributed by atoms with Crippen molar-refractivity contribution in [2.75, 3.05) is 6.61 Å². The predicted molar refractivity (Wildman–Crippen MR) is 62.0 cm³/mol. The Morgan fingerprint density at radius 1 is 1.50 bits per heavy atom. The molecule has 1 N–H and O–H groups in total. The number of rotatable bonds is 4. The molecule has 0 aliphatic carbocycles. The van der Waals surface area contributed by atoms with Gasteiger partial charge in [-0.15, -0.1) is 0 Å². The number of benzene rings is 1. The molecule has 1 aromatic carbocycles. The van der Waals surface area contributed by atoms with Gasteiger partial charge in [0.1, 0.15) is 18.2 Å². The van der Waals surface area contributed by atoms with Gasteiger partial charge in [0, 0.05) is 11.6 Å². The quantitative estimate of drug-likeness (QED) is 0.796. The van der Waals surface area contributed by atoms with Crippen LogP contribution >= 0.6 is 0 Å². The summed E-state index contributed by atoms with van der Waals surface area (Å²) < 4.78 is 18.8. The first-order valence-corrected chi connectivity index (χ1v) is 5.24. The SMILES string of the molecule is CC(C)=CCOc1ccc(C(C)O)c(F)c1. The second-order valence-electron chi connectivity index (χ2n) is 3.95. The van der Waals surface area contributed by atoms with Crippen molar-refractivity contribution in [3.63, 3.8) is 0 Å². The highest BCUT2D eigenvalue weighted by Crippen LogP contribution is 2.21. The summed E-state index contributed by atoms with van der Waals surface area (Å²) >= 11 is 0. The molecule has 0 aromatic heterocycles. The van der Waals surface area contributed by atoms with E-state index in [1.807, 2.05) is 19.9 Å². The Bertz CT molecular complexity index is 380. The van der Waals surface area contributed by atoms with Gasteiger partial charge in [0.05, 0.1) is 6.10 Å². The standard InChI is InChI=1S/C13H17FO2/c1-9(2)6-7-16-11-4-5-12(10(3)15)13(14)8-11/h4-6,8,10,15H,7H2,1-3H3. The van der Waals surface area contributed by atoms with E-state index in [0.29, 0.717) is 12.4 Å². The van der Waals surface area contributed by atoms with Gasteiger partial charge in [-0.1, -0.05) is 5.57 Å². The molecule has 1 aromatic rings. The molecule has 0 fully saturated rings. The van der Waals surface area contributed by atoms with Crippen LogP contribution < -0.4 is 4.74 Å². The van der Waals surface area contributed by atoms with Crippen molar-refractivity contribution in [2.45, 2.75) is 26.9 Å². The largest absolute Gasteiger partial charge is 0.489 e. The van der Waals surface area contributed by atoms with E-state index in [4.69, 9.17) is 4.74 Å². The van der Waals surface area contributed by atoms with Crippen LogP contribution in [0.1, 0.15) is 32.4 Å². The molecule has 0 radical (unpaired) electrons. The Morgan fingerprint density at radius 2 is 2.19 bits per heavy atom. The average Bonchev–Trinajstić information content (AvgIpc) is 2.16. The molecule has 3 heteroatoms. The van der Waals surface area contributed by atoms with Gasteiger partial charge in [0.2, 0.25) is 0 Å². The summed E-state index contributed by atoms with van der Waals surface area (Å²) in [6.07, 6.45) is 1.12. The van der Waals surface area contributed by atoms with Crippen molar-refractivity contribution in [3.05, 3.63) is 41.2 Å². The summed E-state index contributed by atoms with van der Waals surface area (Å²) in [6, 6.07) is 4.49. The van der Waals surface area contributed by atoms with Crippen LogP contribution in [0.5, 0.6) is 5.75 Å². The molecule has 0 heterocycles. The smallest absolute Gasteiger partial charge is 0.132 e. The van der Waals surface area contributed by atoms with Crippen LogP contribution in [-0.4, -0.2) is 11.7 Å². The lowest BCUT2D eigenvalue weighted by Crippen LogP contribution is -1.99. The number of aliphatic hydroxyl groups excluding tert-OH is 1. The highest BCUT2D eigenvalue weighted by Gasteiger charge is 2.08. The van der Waals surface area contributed by atoms with E-state index in [-0.39, 0.29) is 5.56 Å². The highest BCUT2D eigenvalue weighted by molar-refractivity contribution is 5.30. The molecule has 1 unspecified atom stereocenters. The maximum atomic E-state index is 13.4. The molecular weight excluding hydrogens is 207 g/mol. The van der Waals surface area contributed by atoms with Crippen LogP contribution in [0.3, 0.4) is 0 Å². The van der Waals surface area contributed by atoms with Crippen LogP contribution in [0.15, 0.2) is 29.8 Å². The minimum Gasteiger partial charge on any atom is -0.489 e.